The van der Waals surface area contributed by atoms with Gasteiger partial charge in [0.05, 0.1) is 12.1 Å². The van der Waals surface area contributed by atoms with E-state index in [4.69, 9.17) is 4.74 Å². The van der Waals surface area contributed by atoms with Crippen molar-refractivity contribution in [2.75, 3.05) is 26.2 Å². The number of alkyl carbamates (subject to hydrolysis) is 1. The molecule has 7 nitrogen and oxygen atoms in total. The van der Waals surface area contributed by atoms with E-state index in [9.17, 15) is 19.5 Å². The van der Waals surface area contributed by atoms with Crippen molar-refractivity contribution in [1.82, 2.24) is 10.2 Å². The fraction of sp³-hybridized carbons (Fsp3) is 0.732. The van der Waals surface area contributed by atoms with Gasteiger partial charge in [0.15, 0.2) is 0 Å². The highest BCUT2D eigenvalue weighted by atomic mass is 16.5. The highest BCUT2D eigenvalue weighted by Crippen LogP contribution is 2.77. The molecule has 1 aromatic rings. The number of carbonyl (C=O) groups excluding carboxylic acids is 2. The molecule has 1 saturated heterocycles. The molecule has 4 saturated carbocycles. The maximum Gasteiger partial charge on any atom is 0.407 e. The Morgan fingerprint density at radius 1 is 0.896 bits per heavy atom. The summed E-state index contributed by atoms with van der Waals surface area (Å²) in [6.45, 7) is 15.1. The number of benzene rings is 1. The summed E-state index contributed by atoms with van der Waals surface area (Å²) < 4.78 is 5.56. The van der Waals surface area contributed by atoms with Crippen LogP contribution in [0, 0.1) is 50.7 Å². The second kappa shape index (κ2) is 11.9. The van der Waals surface area contributed by atoms with E-state index in [2.05, 4.69) is 46.0 Å². The maximum absolute atomic E-state index is 12.8. The smallest absolute Gasteiger partial charge is 0.407 e. The number of amides is 2. The van der Waals surface area contributed by atoms with Crippen molar-refractivity contribution in [2.24, 2.45) is 50.7 Å². The number of hydrogen-bond donors (Lipinski definition) is 2. The summed E-state index contributed by atoms with van der Waals surface area (Å²) in [7, 11) is 0. The standard InChI is InChI=1S/C41H58N2O5/c1-37(2)29(27-10-12-28(13-11-27)35(45)46)16-19-38(3)32(37)17-20-40(5)33(38)15-14-30-31-8-6-18-41(31,22-21-39(30,40)4)26-42-36(47)48-25-24-43-23-7-9-34(43)44/h10-13,16,30-33H,6-9,14-15,17-26H2,1-5H3,(H,42,47)(H,45,46). The lowest BCUT2D eigenvalue weighted by atomic mass is 9.32. The fourth-order valence-corrected chi connectivity index (χ4v) is 13.4. The average molecular weight is 659 g/mol. The minimum absolute atomic E-state index is 0.00821. The number of ether oxygens (including phenoxy) is 1. The lowest BCUT2D eigenvalue weighted by Gasteiger charge is -2.72. The summed E-state index contributed by atoms with van der Waals surface area (Å²) in [5.41, 5.74) is 3.86. The van der Waals surface area contributed by atoms with Gasteiger partial charge in [-0.15, -0.1) is 0 Å². The molecule has 262 valence electrons. The zero-order valence-corrected chi connectivity index (χ0v) is 30.0. The van der Waals surface area contributed by atoms with E-state index in [1.807, 2.05) is 12.1 Å². The van der Waals surface area contributed by atoms with Crippen LogP contribution >= 0.6 is 0 Å². The number of rotatable bonds is 7. The number of aromatic carboxylic acids is 1. The molecule has 0 radical (unpaired) electrons. The third kappa shape index (κ3) is 5.06. The van der Waals surface area contributed by atoms with Crippen molar-refractivity contribution in [3.63, 3.8) is 0 Å². The summed E-state index contributed by atoms with van der Waals surface area (Å²) in [6, 6.07) is 7.54. The first-order chi connectivity index (χ1) is 22.8. The molecule has 8 atom stereocenters. The Bertz CT molecular complexity index is 1480. The summed E-state index contributed by atoms with van der Waals surface area (Å²) >= 11 is 0. The molecule has 6 aliphatic rings. The summed E-state index contributed by atoms with van der Waals surface area (Å²) in [5.74, 6) is 1.87. The third-order valence-electron chi connectivity index (χ3n) is 15.9. The van der Waals surface area contributed by atoms with Crippen LogP contribution in [-0.4, -0.2) is 54.2 Å². The molecule has 0 bridgehead atoms. The number of fused-ring (bicyclic) bond motifs is 7. The van der Waals surface area contributed by atoms with Gasteiger partial charge in [-0.25, -0.2) is 9.59 Å². The van der Waals surface area contributed by atoms with E-state index in [0.717, 1.165) is 19.4 Å². The maximum atomic E-state index is 12.8. The molecule has 2 amide bonds. The van der Waals surface area contributed by atoms with Crippen LogP contribution < -0.4 is 5.32 Å². The fourth-order valence-electron chi connectivity index (χ4n) is 13.4. The van der Waals surface area contributed by atoms with E-state index in [1.54, 1.807) is 17.0 Å². The van der Waals surface area contributed by atoms with Gasteiger partial charge in [0, 0.05) is 19.5 Å². The first-order valence-corrected chi connectivity index (χ1v) is 19.0. The van der Waals surface area contributed by atoms with Crippen molar-refractivity contribution in [1.29, 1.82) is 0 Å². The number of hydrogen-bond acceptors (Lipinski definition) is 4. The Hall–Kier alpha value is -2.83. The Kier molecular flexibility index (Phi) is 8.34. The number of carboxylic acids is 1. The van der Waals surface area contributed by atoms with Gasteiger partial charge in [-0.3, -0.25) is 4.79 Å². The molecule has 1 heterocycles. The van der Waals surface area contributed by atoms with Gasteiger partial charge in [0.2, 0.25) is 5.91 Å². The van der Waals surface area contributed by atoms with Gasteiger partial charge < -0.3 is 20.1 Å². The molecule has 7 rings (SSSR count). The van der Waals surface area contributed by atoms with Gasteiger partial charge in [-0.05, 0) is 138 Å². The molecule has 1 aromatic carbocycles. The topological polar surface area (TPSA) is 95.9 Å². The number of nitrogens with zero attached hydrogens (tertiary/aromatic N) is 1. The molecule has 5 fully saturated rings. The molecule has 8 unspecified atom stereocenters. The highest BCUT2D eigenvalue weighted by molar-refractivity contribution is 5.88. The van der Waals surface area contributed by atoms with Gasteiger partial charge in [0.25, 0.3) is 0 Å². The number of nitrogens with one attached hydrogen (secondary N) is 1. The molecule has 1 aliphatic heterocycles. The van der Waals surface area contributed by atoms with Crippen LogP contribution in [0.2, 0.25) is 0 Å². The van der Waals surface area contributed by atoms with Crippen molar-refractivity contribution in [3.8, 4) is 0 Å². The van der Waals surface area contributed by atoms with Crippen LogP contribution in [0.15, 0.2) is 30.3 Å². The average Bonchev–Trinajstić information content (AvgIpc) is 3.66. The number of allylic oxidation sites excluding steroid dienone is 2. The lowest BCUT2D eigenvalue weighted by molar-refractivity contribution is -0.222. The molecule has 7 heteroatoms. The minimum atomic E-state index is -0.874. The van der Waals surface area contributed by atoms with Crippen molar-refractivity contribution in [3.05, 3.63) is 41.5 Å². The first-order valence-electron chi connectivity index (χ1n) is 19.0. The highest BCUT2D eigenvalue weighted by Gasteiger charge is 2.69. The summed E-state index contributed by atoms with van der Waals surface area (Å²) in [5, 5.41) is 12.7. The van der Waals surface area contributed by atoms with Gasteiger partial charge in [0.1, 0.15) is 6.61 Å². The SMILES string of the molecule is CC1(C)C(c2ccc(C(=O)O)cc2)=CCC2(C)C1CCC1(C)C2CCC2C3CCCC3(CNC(=O)OCCN3CCCC3=O)CCC21C. The molecular formula is C41H58N2O5. The van der Waals surface area contributed by atoms with Crippen LogP contribution in [0.3, 0.4) is 0 Å². The van der Waals surface area contributed by atoms with E-state index in [1.165, 1.54) is 68.9 Å². The Morgan fingerprint density at radius 3 is 2.38 bits per heavy atom. The first kappa shape index (κ1) is 33.7. The largest absolute Gasteiger partial charge is 0.478 e. The van der Waals surface area contributed by atoms with Crippen molar-refractivity contribution < 1.29 is 24.2 Å². The quantitative estimate of drug-likeness (QED) is 0.306. The van der Waals surface area contributed by atoms with Crippen molar-refractivity contribution >= 4 is 23.5 Å². The van der Waals surface area contributed by atoms with E-state index < -0.39 is 5.97 Å². The van der Waals surface area contributed by atoms with Crippen LogP contribution in [0.4, 0.5) is 4.79 Å². The predicted octanol–water partition coefficient (Wildman–Crippen LogP) is 8.58. The Balaban J connectivity index is 1.06. The van der Waals surface area contributed by atoms with E-state index in [-0.39, 0.29) is 45.7 Å². The predicted molar refractivity (Wildman–Crippen MR) is 187 cm³/mol. The number of likely N-dealkylation sites (tertiary alicyclic amines) is 1. The zero-order valence-electron chi connectivity index (χ0n) is 30.0. The van der Waals surface area contributed by atoms with Crippen LogP contribution in [0.5, 0.6) is 0 Å². The normalized spacial score (nSPS) is 39.8. The lowest BCUT2D eigenvalue weighted by Crippen LogP contribution is -2.65. The summed E-state index contributed by atoms with van der Waals surface area (Å²) in [6.07, 6.45) is 16.0. The number of carbonyl (C=O) groups is 3. The Morgan fingerprint density at radius 2 is 1.67 bits per heavy atom. The number of carboxylic acid groups (broad SMARTS) is 1. The van der Waals surface area contributed by atoms with Crippen molar-refractivity contribution in [2.45, 2.75) is 112 Å². The monoisotopic (exact) mass is 658 g/mol. The molecular weight excluding hydrogens is 600 g/mol. The second-order valence-corrected chi connectivity index (χ2v) is 17.9. The third-order valence-corrected chi connectivity index (χ3v) is 15.9. The van der Waals surface area contributed by atoms with Gasteiger partial charge in [-0.1, -0.05) is 59.2 Å². The van der Waals surface area contributed by atoms with Crippen LogP contribution in [-0.2, 0) is 9.53 Å². The molecule has 0 aromatic heterocycles. The van der Waals surface area contributed by atoms with Gasteiger partial charge >= 0.3 is 12.1 Å². The van der Waals surface area contributed by atoms with E-state index in [0.29, 0.717) is 48.7 Å². The summed E-state index contributed by atoms with van der Waals surface area (Å²) in [4.78, 5) is 38.1. The zero-order chi connectivity index (χ0) is 34.1. The van der Waals surface area contributed by atoms with E-state index >= 15 is 0 Å². The van der Waals surface area contributed by atoms with Crippen LogP contribution in [0.1, 0.15) is 128 Å². The molecule has 0 spiro atoms. The minimum Gasteiger partial charge on any atom is -0.478 e. The Labute approximate surface area is 287 Å². The second-order valence-electron chi connectivity index (χ2n) is 17.9. The molecule has 2 N–H and O–H groups in total. The van der Waals surface area contributed by atoms with Crippen LogP contribution in [0.25, 0.3) is 5.57 Å². The van der Waals surface area contributed by atoms with Gasteiger partial charge in [-0.2, -0.15) is 0 Å². The molecule has 48 heavy (non-hydrogen) atoms. The molecule has 5 aliphatic carbocycles.